The standard InChI is InChI=1S/3HI.Pb.H/h3*1H;;/q;;;+3;/p-3. The zero-order valence-corrected chi connectivity index (χ0v) is 12.7. The molecule has 0 spiro atoms. The maximum absolute atomic E-state index is 0. The first kappa shape index (κ1) is 27.4. The van der Waals surface area contributed by atoms with Crippen molar-refractivity contribution < 1.29 is 71.9 Å². The predicted molar refractivity (Wildman–Crippen MR) is 7.15 cm³/mol. The Kier molecular flexibility index (Phi) is 113. The first-order valence-electron chi connectivity index (χ1n) is 0. The monoisotopic (exact) mass is 590 g/mol. The molecule has 0 aromatic heterocycles. The van der Waals surface area contributed by atoms with E-state index in [1.807, 2.05) is 0 Å². The molecule has 0 saturated heterocycles. The zero-order valence-electron chi connectivity index (χ0n) is 1.71. The summed E-state index contributed by atoms with van der Waals surface area (Å²) in [4.78, 5) is 0. The fraction of sp³-hybridized carbons (Fsp3) is 0. The molecule has 0 fully saturated rings. The first-order valence-corrected chi connectivity index (χ1v) is 0. The average Bonchev–Trinajstić information content (AvgIpc) is 0. The van der Waals surface area contributed by atoms with Crippen LogP contribution in [0, 0.1) is 0 Å². The molecular weight excluding hydrogens is 588 g/mol. The van der Waals surface area contributed by atoms with E-state index in [9.17, 15) is 0 Å². The quantitative estimate of drug-likeness (QED) is 0.195. The topological polar surface area (TPSA) is 0 Å². The van der Waals surface area contributed by atoms with Gasteiger partial charge in [-0.3, -0.25) is 0 Å². The molecule has 0 aliphatic heterocycles. The van der Waals surface area contributed by atoms with Gasteiger partial charge in [-0.05, 0) is 0 Å². The third-order valence-corrected chi connectivity index (χ3v) is 0. The van der Waals surface area contributed by atoms with Gasteiger partial charge < -0.3 is 71.9 Å². The summed E-state index contributed by atoms with van der Waals surface area (Å²) >= 11 is 0. The van der Waals surface area contributed by atoms with E-state index < -0.39 is 0 Å². The molecule has 0 aliphatic rings. The van der Waals surface area contributed by atoms with E-state index in [0.29, 0.717) is 0 Å². The molecule has 0 aromatic rings. The zero-order chi connectivity index (χ0) is 0. The summed E-state index contributed by atoms with van der Waals surface area (Å²) in [7, 11) is 0. The second kappa shape index (κ2) is 16.5. The second-order valence-corrected chi connectivity index (χ2v) is 0. The molecule has 0 bridgehead atoms. The van der Waals surface area contributed by atoms with Crippen molar-refractivity contribution in [1.29, 1.82) is 0 Å². The fourth-order valence-electron chi connectivity index (χ4n) is 0. The minimum absolute atomic E-state index is 0. The molecular formula is HI3Pb. The summed E-state index contributed by atoms with van der Waals surface area (Å²) < 4.78 is 0. The van der Waals surface area contributed by atoms with Crippen LogP contribution in [0.4, 0.5) is 0 Å². The van der Waals surface area contributed by atoms with Gasteiger partial charge in [0.05, 0.1) is 0 Å². The van der Waals surface area contributed by atoms with Crippen LogP contribution in [0.15, 0.2) is 0 Å². The summed E-state index contributed by atoms with van der Waals surface area (Å²) in [5.41, 5.74) is 0. The van der Waals surface area contributed by atoms with Gasteiger partial charge in [0.25, 0.3) is 0 Å². The third-order valence-electron chi connectivity index (χ3n) is 0. The predicted octanol–water partition coefficient (Wildman–Crippen LogP) is -9.64. The van der Waals surface area contributed by atoms with Crippen LogP contribution < -0.4 is 71.9 Å². The molecule has 0 radical (unpaired) electrons. The summed E-state index contributed by atoms with van der Waals surface area (Å²) in [6.07, 6.45) is 0. The molecule has 0 rings (SSSR count). The number of halogens is 3. The Morgan fingerprint density at radius 1 is 0.500 bits per heavy atom. The summed E-state index contributed by atoms with van der Waals surface area (Å²) in [6.45, 7) is 0. The Hall–Kier alpha value is 3.11. The molecule has 0 N–H and O–H groups in total. The Balaban J connectivity index is 0. The molecule has 0 nitrogen and oxygen atoms in total. The van der Waals surface area contributed by atoms with Crippen LogP contribution >= 0.6 is 0 Å². The maximum atomic E-state index is 0. The van der Waals surface area contributed by atoms with Gasteiger partial charge in [0, 0.05) is 0 Å². The van der Waals surface area contributed by atoms with Gasteiger partial charge in [0.1, 0.15) is 0 Å². The SMILES string of the molecule is [I-].[I-].[I-].[PbH+3]. The summed E-state index contributed by atoms with van der Waals surface area (Å²) in [5.74, 6) is 0. The van der Waals surface area contributed by atoms with Gasteiger partial charge in [-0.1, -0.05) is 0 Å². The van der Waals surface area contributed by atoms with Crippen molar-refractivity contribution in [3.05, 3.63) is 0 Å². The van der Waals surface area contributed by atoms with Crippen LogP contribution in [0.5, 0.6) is 0 Å². The van der Waals surface area contributed by atoms with Gasteiger partial charge in [0.15, 0.2) is 0 Å². The molecule has 26 valence electrons. The molecule has 0 aliphatic carbocycles. The van der Waals surface area contributed by atoms with Crippen LogP contribution in [0.3, 0.4) is 0 Å². The van der Waals surface area contributed by atoms with Gasteiger partial charge in [-0.25, -0.2) is 0 Å². The van der Waals surface area contributed by atoms with Gasteiger partial charge in [-0.2, -0.15) is 0 Å². The molecule has 4 heteroatoms. The van der Waals surface area contributed by atoms with Crippen molar-refractivity contribution in [2.45, 2.75) is 0 Å². The van der Waals surface area contributed by atoms with E-state index >= 15 is 0 Å². The van der Waals surface area contributed by atoms with E-state index in [0.717, 1.165) is 0 Å². The number of rotatable bonds is 0. The van der Waals surface area contributed by atoms with E-state index in [4.69, 9.17) is 0 Å². The van der Waals surface area contributed by atoms with Crippen molar-refractivity contribution >= 4 is 27.3 Å². The van der Waals surface area contributed by atoms with Crippen molar-refractivity contribution in [2.75, 3.05) is 0 Å². The van der Waals surface area contributed by atoms with Gasteiger partial charge >= 0.3 is 27.3 Å². The van der Waals surface area contributed by atoms with E-state index in [2.05, 4.69) is 0 Å². The van der Waals surface area contributed by atoms with Crippen LogP contribution in [0.2, 0.25) is 0 Å². The third kappa shape index (κ3) is 8.93. The Morgan fingerprint density at radius 2 is 0.500 bits per heavy atom. The van der Waals surface area contributed by atoms with Gasteiger partial charge in [0.2, 0.25) is 0 Å². The van der Waals surface area contributed by atoms with Crippen molar-refractivity contribution in [1.82, 2.24) is 0 Å². The van der Waals surface area contributed by atoms with E-state index in [1.54, 1.807) is 0 Å². The minimum atomic E-state index is 0. The van der Waals surface area contributed by atoms with Crippen molar-refractivity contribution in [3.8, 4) is 0 Å². The van der Waals surface area contributed by atoms with E-state index in [-0.39, 0.29) is 99.2 Å². The molecule has 0 unspecified atom stereocenters. The van der Waals surface area contributed by atoms with Crippen LogP contribution in [-0.2, 0) is 0 Å². The first-order chi connectivity index (χ1) is 0. The molecule has 0 saturated carbocycles. The Morgan fingerprint density at radius 3 is 0.500 bits per heavy atom. The Labute approximate surface area is 97.1 Å². The summed E-state index contributed by atoms with van der Waals surface area (Å²) in [6, 6.07) is 0. The molecule has 0 heterocycles. The van der Waals surface area contributed by atoms with Crippen LogP contribution in [0.1, 0.15) is 0 Å². The molecule has 0 atom stereocenters. The second-order valence-electron chi connectivity index (χ2n) is 0. The normalized spacial score (nSPS) is 0. The van der Waals surface area contributed by atoms with Crippen LogP contribution in [0.25, 0.3) is 0 Å². The van der Waals surface area contributed by atoms with E-state index in [1.165, 1.54) is 0 Å². The molecule has 4 heavy (non-hydrogen) atoms. The van der Waals surface area contributed by atoms with Crippen molar-refractivity contribution in [3.63, 3.8) is 0 Å². The van der Waals surface area contributed by atoms with Gasteiger partial charge in [-0.15, -0.1) is 0 Å². The molecule has 0 amide bonds. The summed E-state index contributed by atoms with van der Waals surface area (Å²) in [5, 5.41) is 0. The molecule has 0 aromatic carbocycles. The van der Waals surface area contributed by atoms with Crippen molar-refractivity contribution in [2.24, 2.45) is 0 Å². The fourth-order valence-corrected chi connectivity index (χ4v) is 0. The van der Waals surface area contributed by atoms with Crippen LogP contribution in [-0.4, -0.2) is 27.3 Å². The number of hydrogen-bond acceptors (Lipinski definition) is 0. The Bertz CT molecular complexity index is 3.25. The average molecular weight is 589 g/mol. The number of hydrogen-bond donors (Lipinski definition) is 0.